The quantitative estimate of drug-likeness (QED) is 0.401. The number of rotatable bonds is 6. The van der Waals surface area contributed by atoms with Crippen LogP contribution >= 0.6 is 0 Å². The number of aliphatic carboxylic acids is 3. The molecular formula is C17H21N4O6Y. The second-order valence-electron chi connectivity index (χ2n) is 6.43. The average molecular weight is 466 g/mol. The topological polar surface area (TPSA) is 143 Å². The zero-order valence-electron chi connectivity index (χ0n) is 15.4. The van der Waals surface area contributed by atoms with E-state index in [1.807, 2.05) is 0 Å². The smallest absolute Gasteiger partial charge is 0.549 e. The second-order valence-corrected chi connectivity index (χ2v) is 6.43. The summed E-state index contributed by atoms with van der Waals surface area (Å²) in [5, 5.41) is 33.0. The molecule has 1 aliphatic rings. The summed E-state index contributed by atoms with van der Waals surface area (Å²) in [5.41, 5.74) is 1.27. The Balaban J connectivity index is 0.00000392. The summed E-state index contributed by atoms with van der Waals surface area (Å²) in [7, 11) is 0. The minimum Gasteiger partial charge on any atom is -0.549 e. The fourth-order valence-electron chi connectivity index (χ4n) is 2.97. The summed E-state index contributed by atoms with van der Waals surface area (Å²) >= 11 is 0. The fourth-order valence-corrected chi connectivity index (χ4v) is 2.97. The van der Waals surface area contributed by atoms with Gasteiger partial charge in [0, 0.05) is 58.9 Å². The Hall–Kier alpha value is -1.46. The third kappa shape index (κ3) is 9.16. The molecule has 148 valence electrons. The van der Waals surface area contributed by atoms with Gasteiger partial charge in [0.2, 0.25) is 0 Å². The normalized spacial score (nSPS) is 17.0. The van der Waals surface area contributed by atoms with Crippen LogP contribution in [0.1, 0.15) is 11.4 Å². The summed E-state index contributed by atoms with van der Waals surface area (Å²) < 4.78 is 0. The number of aromatic nitrogens is 1. The molecule has 1 aliphatic heterocycles. The first-order valence-electron chi connectivity index (χ1n) is 8.53. The Labute approximate surface area is 188 Å². The number of carbonyl (C=O) groups is 3. The van der Waals surface area contributed by atoms with Crippen molar-refractivity contribution in [3.63, 3.8) is 0 Å². The Morgan fingerprint density at radius 3 is 1.50 bits per heavy atom. The van der Waals surface area contributed by atoms with Crippen LogP contribution in [0, 0.1) is 0 Å². The molecule has 28 heavy (non-hydrogen) atoms. The molecule has 0 fully saturated rings. The minimum absolute atomic E-state index is 0. The van der Waals surface area contributed by atoms with Crippen LogP contribution in [-0.2, 0) is 60.2 Å². The Bertz CT molecular complexity index is 644. The zero-order chi connectivity index (χ0) is 19.8. The standard InChI is InChI=1S/C17H24N4O6.Y/c22-15(23)10-19-4-6-20(11-16(24)25)8-13-2-1-3-14(18-13)9-21(7-5-19)12-17(26)27;/h1-3H,4-12H2,(H,22,23)(H,24,25)(H,26,27);/q;+3/p-3. The van der Waals surface area contributed by atoms with Crippen LogP contribution in [-0.4, -0.2) is 83.4 Å². The predicted molar refractivity (Wildman–Crippen MR) is 86.3 cm³/mol. The Morgan fingerprint density at radius 2 is 1.11 bits per heavy atom. The number of carboxylic acid groups (broad SMARTS) is 3. The van der Waals surface area contributed by atoms with Crippen molar-refractivity contribution in [1.82, 2.24) is 19.7 Å². The van der Waals surface area contributed by atoms with Gasteiger partial charge in [-0.1, -0.05) is 6.07 Å². The van der Waals surface area contributed by atoms with Crippen LogP contribution in [0.5, 0.6) is 0 Å². The van der Waals surface area contributed by atoms with Gasteiger partial charge in [0.25, 0.3) is 0 Å². The molecular weight excluding hydrogens is 445 g/mol. The van der Waals surface area contributed by atoms with Crippen molar-refractivity contribution < 1.29 is 62.4 Å². The number of carbonyl (C=O) groups excluding carboxylic acids is 3. The van der Waals surface area contributed by atoms with E-state index in [1.165, 1.54) is 0 Å². The van der Waals surface area contributed by atoms with Gasteiger partial charge >= 0.3 is 32.7 Å². The first-order chi connectivity index (χ1) is 12.8. The summed E-state index contributed by atoms with van der Waals surface area (Å²) in [4.78, 5) is 42.3. The van der Waals surface area contributed by atoms with Gasteiger partial charge in [-0.05, 0) is 12.1 Å². The molecule has 0 spiro atoms. The molecule has 1 aromatic heterocycles. The third-order valence-corrected chi connectivity index (χ3v) is 4.16. The van der Waals surface area contributed by atoms with E-state index >= 15 is 0 Å². The molecule has 0 aromatic carbocycles. The van der Waals surface area contributed by atoms with E-state index < -0.39 is 17.9 Å². The summed E-state index contributed by atoms with van der Waals surface area (Å²) in [6.07, 6.45) is 0. The molecule has 2 rings (SSSR count). The van der Waals surface area contributed by atoms with E-state index in [2.05, 4.69) is 4.98 Å². The maximum Gasteiger partial charge on any atom is 3.00 e. The maximum absolute atomic E-state index is 11.0. The molecule has 0 saturated carbocycles. The first kappa shape index (κ1) is 24.6. The second kappa shape index (κ2) is 12.2. The summed E-state index contributed by atoms with van der Waals surface area (Å²) in [6, 6.07) is 5.28. The van der Waals surface area contributed by atoms with Crippen LogP contribution in [0.4, 0.5) is 0 Å². The molecule has 2 bridgehead atoms. The molecule has 0 saturated heterocycles. The molecule has 0 unspecified atom stereocenters. The van der Waals surface area contributed by atoms with Gasteiger partial charge in [0.1, 0.15) is 0 Å². The van der Waals surface area contributed by atoms with Gasteiger partial charge < -0.3 is 29.7 Å². The van der Waals surface area contributed by atoms with Crippen molar-refractivity contribution in [3.05, 3.63) is 29.6 Å². The van der Waals surface area contributed by atoms with Crippen molar-refractivity contribution in [3.8, 4) is 0 Å². The van der Waals surface area contributed by atoms with E-state index in [0.29, 0.717) is 11.4 Å². The van der Waals surface area contributed by atoms with Gasteiger partial charge in [0.15, 0.2) is 0 Å². The number of fused-ring (bicyclic) bond motifs is 2. The van der Waals surface area contributed by atoms with Crippen LogP contribution in [0.15, 0.2) is 18.2 Å². The molecule has 0 N–H and O–H groups in total. The van der Waals surface area contributed by atoms with Gasteiger partial charge in [-0.2, -0.15) is 0 Å². The Kier molecular flexibility index (Phi) is 10.7. The molecule has 0 radical (unpaired) electrons. The number of carboxylic acids is 3. The SMILES string of the molecule is O=C([O-])CN1CCN(CC(=O)[O-])Cc2cccc(n2)CN(CC(=O)[O-])CC1.[Y+3]. The number of pyridine rings is 1. The van der Waals surface area contributed by atoms with Crippen LogP contribution < -0.4 is 15.3 Å². The molecule has 2 heterocycles. The van der Waals surface area contributed by atoms with Crippen LogP contribution in [0.25, 0.3) is 0 Å². The third-order valence-electron chi connectivity index (χ3n) is 4.16. The van der Waals surface area contributed by atoms with E-state index in [-0.39, 0.29) is 91.6 Å². The number of hydrogen-bond donors (Lipinski definition) is 0. The van der Waals surface area contributed by atoms with Gasteiger partial charge in [-0.3, -0.25) is 19.7 Å². The molecule has 0 aliphatic carbocycles. The van der Waals surface area contributed by atoms with E-state index in [1.54, 1.807) is 32.9 Å². The van der Waals surface area contributed by atoms with E-state index in [9.17, 15) is 29.7 Å². The predicted octanol–water partition coefficient (Wildman–Crippen LogP) is -4.75. The van der Waals surface area contributed by atoms with Crippen LogP contribution in [0.3, 0.4) is 0 Å². The summed E-state index contributed by atoms with van der Waals surface area (Å²) in [5.74, 6) is -3.72. The van der Waals surface area contributed by atoms with Crippen LogP contribution in [0.2, 0.25) is 0 Å². The van der Waals surface area contributed by atoms with Crippen molar-refractivity contribution in [2.24, 2.45) is 0 Å². The largest absolute Gasteiger partial charge is 3.00 e. The van der Waals surface area contributed by atoms with Crippen molar-refractivity contribution in [2.75, 3.05) is 45.8 Å². The maximum atomic E-state index is 11.0. The Morgan fingerprint density at radius 1 is 0.750 bits per heavy atom. The van der Waals surface area contributed by atoms with Gasteiger partial charge in [0.05, 0.1) is 29.3 Å². The molecule has 0 amide bonds. The number of hydrogen-bond acceptors (Lipinski definition) is 10. The van der Waals surface area contributed by atoms with E-state index in [4.69, 9.17) is 0 Å². The van der Waals surface area contributed by atoms with Crippen molar-refractivity contribution in [2.45, 2.75) is 13.1 Å². The van der Waals surface area contributed by atoms with E-state index in [0.717, 1.165) is 0 Å². The molecule has 0 atom stereocenters. The zero-order valence-corrected chi connectivity index (χ0v) is 18.3. The first-order valence-corrected chi connectivity index (χ1v) is 8.53. The fraction of sp³-hybridized carbons (Fsp3) is 0.529. The van der Waals surface area contributed by atoms with Crippen molar-refractivity contribution in [1.29, 1.82) is 0 Å². The van der Waals surface area contributed by atoms with Gasteiger partial charge in [-0.25, -0.2) is 0 Å². The average Bonchev–Trinajstić information content (AvgIpc) is 2.55. The monoisotopic (exact) mass is 466 g/mol. The molecule has 11 heteroatoms. The van der Waals surface area contributed by atoms with Crippen molar-refractivity contribution >= 4 is 17.9 Å². The number of nitrogens with zero attached hydrogens (tertiary/aromatic N) is 4. The molecule has 1 aromatic rings. The summed E-state index contributed by atoms with van der Waals surface area (Å²) in [6.45, 7) is 0.691. The minimum atomic E-state index is -1.26. The molecule has 10 nitrogen and oxygen atoms in total. The van der Waals surface area contributed by atoms with Gasteiger partial charge in [-0.15, -0.1) is 0 Å².